The first-order chi connectivity index (χ1) is 7.56. The van der Waals surface area contributed by atoms with E-state index in [0.29, 0.717) is 13.1 Å². The van der Waals surface area contributed by atoms with Crippen LogP contribution in [0.3, 0.4) is 0 Å². The van der Waals surface area contributed by atoms with Crippen LogP contribution in [0.5, 0.6) is 0 Å². The van der Waals surface area contributed by atoms with Gasteiger partial charge in [0.15, 0.2) is 0 Å². The smallest absolute Gasteiger partial charge is 0.245 e. The van der Waals surface area contributed by atoms with Crippen LogP contribution < -0.4 is 5.73 Å². The molecule has 1 aromatic rings. The molecule has 0 aliphatic carbocycles. The third kappa shape index (κ3) is 3.18. The molecule has 88 valence electrons. The number of nitrogens with zero attached hydrogens (tertiary/aromatic N) is 1. The molecule has 1 rings (SSSR count). The Labute approximate surface area is 101 Å². The molecule has 0 fully saturated rings. The Hall–Kier alpha value is -1.13. The van der Waals surface area contributed by atoms with Crippen molar-refractivity contribution < 1.29 is 4.79 Å². The zero-order chi connectivity index (χ0) is 12.1. The number of hydrogen-bond donors (Lipinski definition) is 1. The standard InChI is InChI=1S/C12H18N2OS/c1-4-14(8-9(2)3)12(15)11(13)10-6-5-7-16-10/h5-7,11H,2,4,8,13H2,1,3H3. The molecule has 3 nitrogen and oxygen atoms in total. The van der Waals surface area contributed by atoms with E-state index in [4.69, 9.17) is 5.73 Å². The fourth-order valence-corrected chi connectivity index (χ4v) is 2.18. The van der Waals surface area contributed by atoms with Gasteiger partial charge in [0.25, 0.3) is 0 Å². The van der Waals surface area contributed by atoms with Crippen molar-refractivity contribution in [2.45, 2.75) is 19.9 Å². The van der Waals surface area contributed by atoms with Gasteiger partial charge >= 0.3 is 0 Å². The number of likely N-dealkylation sites (N-methyl/N-ethyl adjacent to an activating group) is 1. The van der Waals surface area contributed by atoms with Gasteiger partial charge in [0, 0.05) is 18.0 Å². The highest BCUT2D eigenvalue weighted by atomic mass is 32.1. The van der Waals surface area contributed by atoms with E-state index in [0.717, 1.165) is 10.5 Å². The van der Waals surface area contributed by atoms with Crippen LogP contribution in [-0.2, 0) is 4.79 Å². The maximum atomic E-state index is 12.1. The van der Waals surface area contributed by atoms with Gasteiger partial charge < -0.3 is 10.6 Å². The van der Waals surface area contributed by atoms with Crippen molar-refractivity contribution in [3.05, 3.63) is 34.5 Å². The number of rotatable bonds is 5. The highest BCUT2D eigenvalue weighted by Gasteiger charge is 2.21. The van der Waals surface area contributed by atoms with Gasteiger partial charge in [-0.15, -0.1) is 11.3 Å². The quantitative estimate of drug-likeness (QED) is 0.799. The first-order valence-corrected chi connectivity index (χ1v) is 6.16. The first kappa shape index (κ1) is 12.9. The summed E-state index contributed by atoms with van der Waals surface area (Å²) in [6.07, 6.45) is 0. The number of amides is 1. The number of hydrogen-bond acceptors (Lipinski definition) is 3. The molecule has 0 saturated heterocycles. The predicted octanol–water partition coefficient (Wildman–Crippen LogP) is 2.17. The average Bonchev–Trinajstić information content (AvgIpc) is 2.76. The van der Waals surface area contributed by atoms with E-state index in [9.17, 15) is 4.79 Å². The van der Waals surface area contributed by atoms with Crippen molar-refractivity contribution in [3.8, 4) is 0 Å². The second kappa shape index (κ2) is 5.82. The van der Waals surface area contributed by atoms with E-state index in [2.05, 4.69) is 6.58 Å². The largest absolute Gasteiger partial charge is 0.337 e. The lowest BCUT2D eigenvalue weighted by molar-refractivity contribution is -0.132. The molecule has 16 heavy (non-hydrogen) atoms. The summed E-state index contributed by atoms with van der Waals surface area (Å²) in [5.74, 6) is -0.0343. The molecule has 0 spiro atoms. The summed E-state index contributed by atoms with van der Waals surface area (Å²) < 4.78 is 0. The Bertz CT molecular complexity index is 359. The monoisotopic (exact) mass is 238 g/mol. The minimum absolute atomic E-state index is 0.0343. The van der Waals surface area contributed by atoms with Crippen molar-refractivity contribution in [1.82, 2.24) is 4.90 Å². The molecule has 1 amide bonds. The van der Waals surface area contributed by atoms with Crippen molar-refractivity contribution in [2.75, 3.05) is 13.1 Å². The Morgan fingerprint density at radius 1 is 1.69 bits per heavy atom. The molecule has 2 N–H and O–H groups in total. The molecule has 1 unspecified atom stereocenters. The second-order valence-corrected chi connectivity index (χ2v) is 4.78. The van der Waals surface area contributed by atoms with Gasteiger partial charge in [0.05, 0.1) is 0 Å². The van der Waals surface area contributed by atoms with Crippen LogP contribution in [0.25, 0.3) is 0 Å². The summed E-state index contributed by atoms with van der Waals surface area (Å²) in [5.41, 5.74) is 6.89. The molecule has 0 saturated carbocycles. The maximum Gasteiger partial charge on any atom is 0.245 e. The molecular formula is C12H18N2OS. The molecule has 1 aromatic heterocycles. The molecule has 1 atom stereocenters. The topological polar surface area (TPSA) is 46.3 Å². The summed E-state index contributed by atoms with van der Waals surface area (Å²) in [6, 6.07) is 3.25. The van der Waals surface area contributed by atoms with Gasteiger partial charge in [0.1, 0.15) is 6.04 Å². The van der Waals surface area contributed by atoms with Gasteiger partial charge in [-0.25, -0.2) is 0 Å². The fraction of sp³-hybridized carbons (Fsp3) is 0.417. The molecular weight excluding hydrogens is 220 g/mol. The van der Waals surface area contributed by atoms with Crippen LogP contribution in [0.15, 0.2) is 29.7 Å². The number of carbonyl (C=O) groups is 1. The highest BCUT2D eigenvalue weighted by Crippen LogP contribution is 2.19. The third-order valence-corrected chi connectivity index (χ3v) is 3.23. The lowest BCUT2D eigenvalue weighted by Gasteiger charge is -2.23. The van der Waals surface area contributed by atoms with Gasteiger partial charge in [0.2, 0.25) is 5.91 Å². The zero-order valence-corrected chi connectivity index (χ0v) is 10.6. The van der Waals surface area contributed by atoms with Crippen LogP contribution in [0, 0.1) is 0 Å². The van der Waals surface area contributed by atoms with Crippen LogP contribution >= 0.6 is 11.3 Å². The average molecular weight is 238 g/mol. The molecule has 0 aliphatic rings. The van der Waals surface area contributed by atoms with E-state index in [1.807, 2.05) is 31.4 Å². The lowest BCUT2D eigenvalue weighted by atomic mass is 10.2. The maximum absolute atomic E-state index is 12.1. The van der Waals surface area contributed by atoms with Crippen molar-refractivity contribution in [2.24, 2.45) is 5.73 Å². The third-order valence-electron chi connectivity index (χ3n) is 2.27. The van der Waals surface area contributed by atoms with Crippen LogP contribution in [0.4, 0.5) is 0 Å². The van der Waals surface area contributed by atoms with Gasteiger partial charge in [-0.3, -0.25) is 4.79 Å². The number of thiophene rings is 1. The molecule has 0 bridgehead atoms. The number of carbonyl (C=O) groups excluding carboxylic acids is 1. The van der Waals surface area contributed by atoms with Gasteiger partial charge in [-0.05, 0) is 25.3 Å². The number of nitrogens with two attached hydrogens (primary N) is 1. The first-order valence-electron chi connectivity index (χ1n) is 5.28. The summed E-state index contributed by atoms with van der Waals surface area (Å²) in [5, 5.41) is 1.93. The summed E-state index contributed by atoms with van der Waals surface area (Å²) in [4.78, 5) is 14.7. The Morgan fingerprint density at radius 3 is 2.81 bits per heavy atom. The van der Waals surface area contributed by atoms with E-state index in [1.54, 1.807) is 4.90 Å². The van der Waals surface area contributed by atoms with Crippen LogP contribution in [0.1, 0.15) is 24.8 Å². The lowest BCUT2D eigenvalue weighted by Crippen LogP contribution is -2.39. The summed E-state index contributed by atoms with van der Waals surface area (Å²) >= 11 is 1.51. The van der Waals surface area contributed by atoms with Gasteiger partial charge in [-0.2, -0.15) is 0 Å². The minimum atomic E-state index is -0.542. The normalized spacial score (nSPS) is 12.2. The molecule has 0 aliphatic heterocycles. The second-order valence-electron chi connectivity index (χ2n) is 3.80. The van der Waals surface area contributed by atoms with Crippen LogP contribution in [-0.4, -0.2) is 23.9 Å². The summed E-state index contributed by atoms with van der Waals surface area (Å²) in [7, 11) is 0. The Morgan fingerprint density at radius 2 is 2.38 bits per heavy atom. The van der Waals surface area contributed by atoms with E-state index in [1.165, 1.54) is 11.3 Å². The highest BCUT2D eigenvalue weighted by molar-refractivity contribution is 7.10. The predicted molar refractivity (Wildman–Crippen MR) is 68.3 cm³/mol. The van der Waals surface area contributed by atoms with Crippen molar-refractivity contribution in [3.63, 3.8) is 0 Å². The Balaban J connectivity index is 2.71. The minimum Gasteiger partial charge on any atom is -0.337 e. The molecule has 1 heterocycles. The molecule has 4 heteroatoms. The van der Waals surface area contributed by atoms with E-state index < -0.39 is 6.04 Å². The van der Waals surface area contributed by atoms with E-state index in [-0.39, 0.29) is 5.91 Å². The van der Waals surface area contributed by atoms with Crippen molar-refractivity contribution >= 4 is 17.2 Å². The van der Waals surface area contributed by atoms with Gasteiger partial charge in [-0.1, -0.05) is 18.2 Å². The summed E-state index contributed by atoms with van der Waals surface area (Å²) in [6.45, 7) is 8.91. The molecule has 0 aromatic carbocycles. The zero-order valence-electron chi connectivity index (χ0n) is 9.77. The SMILES string of the molecule is C=C(C)CN(CC)C(=O)C(N)c1cccs1. The van der Waals surface area contributed by atoms with E-state index >= 15 is 0 Å². The molecule has 0 radical (unpaired) electrons. The Kier molecular flexibility index (Phi) is 4.71. The van der Waals surface area contributed by atoms with Crippen molar-refractivity contribution in [1.29, 1.82) is 0 Å². The van der Waals surface area contributed by atoms with Crippen LogP contribution in [0.2, 0.25) is 0 Å². The fourth-order valence-electron chi connectivity index (χ4n) is 1.46.